The summed E-state index contributed by atoms with van der Waals surface area (Å²) in [6, 6.07) is 25.1. The maximum absolute atomic E-state index is 13.9. The van der Waals surface area contributed by atoms with Crippen molar-refractivity contribution >= 4 is 5.91 Å². The van der Waals surface area contributed by atoms with E-state index in [0.717, 1.165) is 29.7 Å². The topological polar surface area (TPSA) is 67.7 Å². The molecule has 0 saturated heterocycles. The number of hydrogen-bond donors (Lipinski definition) is 0. The van der Waals surface area contributed by atoms with Crippen LogP contribution in [0.1, 0.15) is 45.3 Å². The van der Waals surface area contributed by atoms with E-state index in [9.17, 15) is 9.59 Å². The molecule has 0 aliphatic carbocycles. The van der Waals surface area contributed by atoms with Gasteiger partial charge in [0.05, 0.1) is 5.69 Å². The van der Waals surface area contributed by atoms with Crippen molar-refractivity contribution in [1.29, 1.82) is 0 Å². The van der Waals surface area contributed by atoms with Gasteiger partial charge in [-0.05, 0) is 41.7 Å². The van der Waals surface area contributed by atoms with Crippen molar-refractivity contribution in [2.75, 3.05) is 18.2 Å². The molecule has 2 bridgehead atoms. The van der Waals surface area contributed by atoms with Crippen LogP contribution in [0.2, 0.25) is 0 Å². The molecule has 7 nitrogen and oxygen atoms in total. The number of allylic oxidation sites excluding steroid dienone is 1. The molecule has 0 fully saturated rings. The molecule has 2 aliphatic rings. The third-order valence-corrected chi connectivity index (χ3v) is 7.03. The lowest BCUT2D eigenvalue weighted by Gasteiger charge is -2.43. The minimum absolute atomic E-state index is 0.0583. The summed E-state index contributed by atoms with van der Waals surface area (Å²) in [7, 11) is 0. The summed E-state index contributed by atoms with van der Waals surface area (Å²) in [4.78, 5) is 33.5. The molecule has 0 radical (unpaired) electrons. The number of nitrogens with zero attached hydrogens (tertiary/aromatic N) is 4. The van der Waals surface area contributed by atoms with E-state index in [1.54, 1.807) is 22.0 Å². The second-order valence-corrected chi connectivity index (χ2v) is 9.45. The summed E-state index contributed by atoms with van der Waals surface area (Å²) in [5, 5.41) is 2.10. The molecule has 1 atom stereocenters. The maximum atomic E-state index is 13.9. The molecule has 0 N–H and O–H groups in total. The quantitative estimate of drug-likeness (QED) is 0.384. The lowest BCUT2D eigenvalue weighted by Crippen LogP contribution is -2.55. The fourth-order valence-corrected chi connectivity index (χ4v) is 5.19. The predicted octanol–water partition coefficient (Wildman–Crippen LogP) is 4.47. The number of carbonyl (C=O) groups excluding carboxylic acids is 1. The first kappa shape index (κ1) is 23.7. The van der Waals surface area contributed by atoms with Gasteiger partial charge in [0, 0.05) is 25.0 Å². The van der Waals surface area contributed by atoms with E-state index in [0.29, 0.717) is 13.2 Å². The van der Waals surface area contributed by atoms with Gasteiger partial charge < -0.3 is 9.64 Å². The monoisotopic (exact) mass is 504 g/mol. The van der Waals surface area contributed by atoms with Gasteiger partial charge in [-0.1, -0.05) is 72.8 Å². The first-order chi connectivity index (χ1) is 18.7. The minimum Gasteiger partial charge on any atom is -0.482 e. The number of pyridine rings is 2. The molecular weight excluding hydrogens is 476 g/mol. The first-order valence-corrected chi connectivity index (χ1v) is 12.8. The highest BCUT2D eigenvalue weighted by atomic mass is 16.5. The number of fused-ring (bicyclic) bond motifs is 5. The molecule has 2 aromatic heterocycles. The molecule has 2 aliphatic heterocycles. The Hall–Kier alpha value is -4.65. The highest BCUT2D eigenvalue weighted by molar-refractivity contribution is 5.96. The number of ether oxygens (including phenoxy) is 1. The normalized spacial score (nSPS) is 17.7. The van der Waals surface area contributed by atoms with Gasteiger partial charge >= 0.3 is 0 Å². The van der Waals surface area contributed by atoms with E-state index in [-0.39, 0.29) is 35.4 Å². The number of aromatic nitrogens is 2. The molecular formula is C31H28N4O3. The van der Waals surface area contributed by atoms with E-state index in [1.807, 2.05) is 60.7 Å². The van der Waals surface area contributed by atoms with Crippen LogP contribution in [-0.4, -0.2) is 33.7 Å². The van der Waals surface area contributed by atoms with Crippen LogP contribution in [0.4, 0.5) is 0 Å². The second-order valence-electron chi connectivity index (χ2n) is 9.45. The van der Waals surface area contributed by atoms with Crippen molar-refractivity contribution in [3.8, 4) is 5.75 Å². The average Bonchev–Trinajstić information content (AvgIpc) is 2.99. The Morgan fingerprint density at radius 3 is 2.55 bits per heavy atom. The van der Waals surface area contributed by atoms with Crippen molar-refractivity contribution in [3.63, 3.8) is 0 Å². The van der Waals surface area contributed by atoms with E-state index < -0.39 is 0 Å². The summed E-state index contributed by atoms with van der Waals surface area (Å²) in [5.41, 5.74) is 4.02. The van der Waals surface area contributed by atoms with Crippen LogP contribution in [0.3, 0.4) is 0 Å². The minimum atomic E-state index is -0.322. The van der Waals surface area contributed by atoms with Gasteiger partial charge in [0.25, 0.3) is 5.91 Å². The predicted molar refractivity (Wildman–Crippen MR) is 146 cm³/mol. The summed E-state index contributed by atoms with van der Waals surface area (Å²) in [6.07, 6.45) is 9.36. The van der Waals surface area contributed by atoms with Crippen LogP contribution in [0, 0.1) is 0 Å². The molecule has 0 spiro atoms. The van der Waals surface area contributed by atoms with Crippen LogP contribution in [-0.2, 0) is 13.0 Å². The van der Waals surface area contributed by atoms with Crippen molar-refractivity contribution in [1.82, 2.24) is 14.6 Å². The van der Waals surface area contributed by atoms with Crippen molar-refractivity contribution in [2.45, 2.75) is 25.5 Å². The van der Waals surface area contributed by atoms with Crippen LogP contribution in [0.25, 0.3) is 0 Å². The zero-order valence-electron chi connectivity index (χ0n) is 20.9. The average molecular weight is 505 g/mol. The second kappa shape index (κ2) is 10.4. The number of amides is 1. The van der Waals surface area contributed by atoms with Gasteiger partial charge in [-0.25, -0.2) is 0 Å². The lowest BCUT2D eigenvalue weighted by atomic mass is 9.94. The lowest BCUT2D eigenvalue weighted by molar-refractivity contribution is 0.0697. The molecule has 38 heavy (non-hydrogen) atoms. The number of carbonyl (C=O) groups is 1. The smallest absolute Gasteiger partial charge is 0.278 e. The Balaban J connectivity index is 1.54. The zero-order chi connectivity index (χ0) is 25.9. The van der Waals surface area contributed by atoms with Crippen molar-refractivity contribution in [2.24, 2.45) is 0 Å². The molecule has 4 aromatic rings. The summed E-state index contributed by atoms with van der Waals surface area (Å²) >= 11 is 0. The summed E-state index contributed by atoms with van der Waals surface area (Å²) in [6.45, 7) is 0.946. The Morgan fingerprint density at radius 1 is 0.895 bits per heavy atom. The van der Waals surface area contributed by atoms with Gasteiger partial charge in [-0.15, -0.1) is 0 Å². The molecule has 7 heteroatoms. The molecule has 0 saturated carbocycles. The van der Waals surface area contributed by atoms with Crippen molar-refractivity contribution in [3.05, 3.63) is 142 Å². The zero-order valence-corrected chi connectivity index (χ0v) is 20.9. The van der Waals surface area contributed by atoms with Crippen LogP contribution < -0.4 is 15.2 Å². The molecule has 190 valence electrons. The maximum Gasteiger partial charge on any atom is 0.278 e. The molecule has 1 amide bonds. The largest absolute Gasteiger partial charge is 0.482 e. The third kappa shape index (κ3) is 4.47. The van der Waals surface area contributed by atoms with Gasteiger partial charge in [-0.3, -0.25) is 24.3 Å². The molecule has 2 aromatic carbocycles. The molecule has 4 heterocycles. The fraction of sp³-hybridized carbons (Fsp3) is 0.194. The van der Waals surface area contributed by atoms with Gasteiger partial charge in [0.15, 0.2) is 11.4 Å². The Morgan fingerprint density at radius 2 is 1.71 bits per heavy atom. The van der Waals surface area contributed by atoms with E-state index in [1.165, 1.54) is 11.6 Å². The third-order valence-electron chi connectivity index (χ3n) is 7.03. The first-order valence-electron chi connectivity index (χ1n) is 12.8. The van der Waals surface area contributed by atoms with Gasteiger partial charge in [0.2, 0.25) is 5.43 Å². The number of aryl methyl sites for hydroxylation is 1. The van der Waals surface area contributed by atoms with E-state index >= 15 is 0 Å². The van der Waals surface area contributed by atoms with E-state index in [4.69, 9.17) is 9.72 Å². The summed E-state index contributed by atoms with van der Waals surface area (Å²) in [5.74, 6) is -0.179. The number of hydrogen-bond acceptors (Lipinski definition) is 5. The Kier molecular flexibility index (Phi) is 6.48. The SMILES string of the molecule is O=C1c2c(OCc3ccccc3)c(=O)ccn2N2CN1C/C=C/CCc1ccccc1C2c1ccccn1. The van der Waals surface area contributed by atoms with Gasteiger partial charge in [-0.2, -0.15) is 0 Å². The highest BCUT2D eigenvalue weighted by Gasteiger charge is 2.37. The van der Waals surface area contributed by atoms with Crippen LogP contribution >= 0.6 is 0 Å². The Bertz CT molecular complexity index is 1530. The van der Waals surface area contributed by atoms with Crippen LogP contribution in [0.15, 0.2) is 108 Å². The van der Waals surface area contributed by atoms with Crippen molar-refractivity contribution < 1.29 is 9.53 Å². The highest BCUT2D eigenvalue weighted by Crippen LogP contribution is 2.34. The molecule has 1 unspecified atom stereocenters. The summed E-state index contributed by atoms with van der Waals surface area (Å²) < 4.78 is 7.87. The van der Waals surface area contributed by atoms with Gasteiger partial charge in [0.1, 0.15) is 19.3 Å². The number of rotatable bonds is 4. The van der Waals surface area contributed by atoms with Crippen LogP contribution in [0.5, 0.6) is 5.75 Å². The Labute approximate surface area is 221 Å². The standard InChI is InChI=1S/C31H28N4O3/c36-27-17-20-34-29(30(27)38-21-23-11-3-1-4-12-23)31(37)33-19-10-2-5-13-24-14-6-7-15-25(24)28(35(34)22-33)26-16-8-9-18-32-26/h1-4,6-12,14-18,20,28H,5,13,19,21-22H2/b10-2+. The number of benzene rings is 2. The molecule has 6 rings (SSSR count). The van der Waals surface area contributed by atoms with E-state index in [2.05, 4.69) is 29.3 Å². The fourth-order valence-electron chi connectivity index (χ4n) is 5.19.